The number of nitrogens with two attached hydrogens (primary N) is 1. The Bertz CT molecular complexity index is 820. The van der Waals surface area contributed by atoms with Crippen LogP contribution in [0, 0.1) is 17.6 Å². The molecule has 0 aliphatic carbocycles. The van der Waals surface area contributed by atoms with Gasteiger partial charge in [-0.15, -0.1) is 0 Å². The fourth-order valence-corrected chi connectivity index (χ4v) is 4.87. The first-order chi connectivity index (χ1) is 14.9. The second kappa shape index (κ2) is 9.58. The van der Waals surface area contributed by atoms with Crippen molar-refractivity contribution in [2.75, 3.05) is 50.7 Å². The van der Waals surface area contributed by atoms with Crippen LogP contribution in [0.5, 0.6) is 0 Å². The molecule has 4 rings (SSSR count). The van der Waals surface area contributed by atoms with Gasteiger partial charge in [-0.1, -0.05) is 0 Å². The number of anilines is 1. The fraction of sp³-hybridized carbons (Fsp3) is 0.636. The second-order valence-corrected chi connectivity index (χ2v) is 8.93. The molecule has 1 unspecified atom stereocenters. The maximum Gasteiger partial charge on any atom is 0.234 e. The van der Waals surface area contributed by atoms with Gasteiger partial charge in [0.25, 0.3) is 0 Å². The van der Waals surface area contributed by atoms with Crippen molar-refractivity contribution in [2.45, 2.75) is 38.0 Å². The van der Waals surface area contributed by atoms with E-state index in [4.69, 9.17) is 5.84 Å². The first kappa shape index (κ1) is 22.1. The molecule has 1 aromatic carbocycles. The van der Waals surface area contributed by atoms with E-state index >= 15 is 0 Å². The van der Waals surface area contributed by atoms with E-state index in [2.05, 4.69) is 10.2 Å². The molecule has 3 aliphatic heterocycles. The third-order valence-electron chi connectivity index (χ3n) is 6.90. The normalized spacial score (nSPS) is 24.5. The summed E-state index contributed by atoms with van der Waals surface area (Å²) in [5, 5.41) is 4.09. The number of hydrazine groups is 1. The van der Waals surface area contributed by atoms with Crippen molar-refractivity contribution in [2.24, 2.45) is 11.8 Å². The highest BCUT2D eigenvalue weighted by Crippen LogP contribution is 2.32. The summed E-state index contributed by atoms with van der Waals surface area (Å²) in [5.74, 6) is 3.64. The van der Waals surface area contributed by atoms with Crippen molar-refractivity contribution in [3.63, 3.8) is 0 Å². The number of amides is 2. The monoisotopic (exact) mass is 435 g/mol. The molecule has 3 fully saturated rings. The summed E-state index contributed by atoms with van der Waals surface area (Å²) in [4.78, 5) is 27.6. The third-order valence-corrected chi connectivity index (χ3v) is 6.90. The lowest BCUT2D eigenvalue weighted by molar-refractivity contribution is -0.134. The highest BCUT2D eigenvalue weighted by atomic mass is 19.1. The van der Waals surface area contributed by atoms with Gasteiger partial charge in [0.05, 0.1) is 11.6 Å². The molecule has 9 heteroatoms. The smallest absolute Gasteiger partial charge is 0.234 e. The third kappa shape index (κ3) is 5.22. The molecule has 3 aliphatic rings. The molecule has 3 heterocycles. The van der Waals surface area contributed by atoms with Gasteiger partial charge >= 0.3 is 0 Å². The van der Waals surface area contributed by atoms with Crippen LogP contribution in [0.15, 0.2) is 12.1 Å². The average Bonchev–Trinajstić information content (AvgIpc) is 2.75. The van der Waals surface area contributed by atoms with E-state index in [1.54, 1.807) is 0 Å². The molecule has 1 aromatic rings. The number of carbonyl (C=O) groups is 2. The number of rotatable bonds is 5. The number of halogens is 2. The maximum atomic E-state index is 14.9. The quantitative estimate of drug-likeness (QED) is 0.540. The molecule has 3 N–H and O–H groups in total. The van der Waals surface area contributed by atoms with Gasteiger partial charge in [0.15, 0.2) is 0 Å². The topological polar surface area (TPSA) is 81.9 Å². The molecule has 1 atom stereocenters. The zero-order valence-corrected chi connectivity index (χ0v) is 17.8. The van der Waals surface area contributed by atoms with Crippen molar-refractivity contribution < 1.29 is 18.4 Å². The van der Waals surface area contributed by atoms with Crippen LogP contribution in [0.1, 0.15) is 43.6 Å². The average molecular weight is 436 g/mol. The number of nitrogens with zero attached hydrogens (tertiary/aromatic N) is 3. The van der Waals surface area contributed by atoms with Gasteiger partial charge in [-0.05, 0) is 44.2 Å². The Morgan fingerprint density at radius 1 is 0.968 bits per heavy atom. The Hall–Kier alpha value is -2.10. The minimum atomic E-state index is -0.829. The van der Waals surface area contributed by atoms with Crippen LogP contribution in [0.4, 0.5) is 14.5 Å². The number of piperazine rings is 1. The van der Waals surface area contributed by atoms with Crippen LogP contribution in [0.3, 0.4) is 0 Å². The van der Waals surface area contributed by atoms with Gasteiger partial charge in [0.1, 0.15) is 11.6 Å². The molecule has 0 bridgehead atoms. The largest absolute Gasteiger partial charge is 0.367 e. The van der Waals surface area contributed by atoms with Gasteiger partial charge in [-0.3, -0.25) is 25.6 Å². The molecule has 7 nitrogen and oxygen atoms in total. The van der Waals surface area contributed by atoms with Crippen LogP contribution in [-0.4, -0.2) is 67.5 Å². The maximum absolute atomic E-state index is 14.9. The number of carbonyl (C=O) groups excluding carboxylic acids is 2. The molecule has 0 aromatic heterocycles. The summed E-state index contributed by atoms with van der Waals surface area (Å²) in [6.45, 7) is 5.83. The summed E-state index contributed by atoms with van der Waals surface area (Å²) in [5.41, 5.74) is 0.261. The lowest BCUT2D eigenvalue weighted by Gasteiger charge is -2.37. The van der Waals surface area contributed by atoms with Crippen LogP contribution < -0.4 is 16.1 Å². The Morgan fingerprint density at radius 2 is 1.68 bits per heavy atom. The molecule has 0 radical (unpaired) electrons. The second-order valence-electron chi connectivity index (χ2n) is 8.93. The summed E-state index contributed by atoms with van der Waals surface area (Å²) in [7, 11) is 0. The van der Waals surface area contributed by atoms with Crippen molar-refractivity contribution in [3.05, 3.63) is 29.3 Å². The van der Waals surface area contributed by atoms with Crippen LogP contribution in [0.25, 0.3) is 0 Å². The van der Waals surface area contributed by atoms with Gasteiger partial charge < -0.3 is 4.90 Å². The van der Waals surface area contributed by atoms with Crippen LogP contribution in [-0.2, 0) is 9.59 Å². The lowest BCUT2D eigenvalue weighted by atomic mass is 9.89. The van der Waals surface area contributed by atoms with Crippen molar-refractivity contribution in [1.82, 2.24) is 15.2 Å². The van der Waals surface area contributed by atoms with E-state index in [0.29, 0.717) is 19.0 Å². The first-order valence-corrected chi connectivity index (χ1v) is 11.2. The first-order valence-electron chi connectivity index (χ1n) is 11.2. The van der Waals surface area contributed by atoms with E-state index in [-0.39, 0.29) is 30.0 Å². The number of hydrogen-bond acceptors (Lipinski definition) is 6. The summed E-state index contributed by atoms with van der Waals surface area (Å²) >= 11 is 0. The summed E-state index contributed by atoms with van der Waals surface area (Å²) in [6, 6.07) is 2.32. The molecular weight excluding hydrogens is 404 g/mol. The van der Waals surface area contributed by atoms with Gasteiger partial charge in [0.2, 0.25) is 11.8 Å². The molecule has 31 heavy (non-hydrogen) atoms. The van der Waals surface area contributed by atoms with Gasteiger partial charge in [-0.2, -0.15) is 0 Å². The zero-order valence-electron chi connectivity index (χ0n) is 17.8. The van der Waals surface area contributed by atoms with E-state index in [1.807, 2.05) is 9.91 Å². The Balaban J connectivity index is 1.33. The lowest BCUT2D eigenvalue weighted by Crippen LogP contribution is -2.47. The molecule has 0 spiro atoms. The molecule has 0 saturated carbocycles. The van der Waals surface area contributed by atoms with E-state index in [0.717, 1.165) is 58.1 Å². The Labute approximate surface area is 181 Å². The number of benzene rings is 1. The minimum Gasteiger partial charge on any atom is -0.367 e. The summed E-state index contributed by atoms with van der Waals surface area (Å²) < 4.78 is 29.6. The predicted octanol–water partition coefficient (Wildman–Crippen LogP) is 1.58. The van der Waals surface area contributed by atoms with Gasteiger partial charge in [0, 0.05) is 57.3 Å². The van der Waals surface area contributed by atoms with E-state index in [1.165, 1.54) is 6.07 Å². The van der Waals surface area contributed by atoms with Crippen molar-refractivity contribution >= 4 is 17.5 Å². The number of piperidine rings is 2. The number of imide groups is 1. The zero-order chi connectivity index (χ0) is 22.0. The standard InChI is InChI=1S/C22H31F2N5O2/c23-18-14-20(19(24)13-17(18)16-1-2-21(30)26-22(16)31)28-11-9-27(10-12-28)6-3-15-4-7-29(25)8-5-15/h13-16H,1-12,25H2,(H,26,30,31). The van der Waals surface area contributed by atoms with Gasteiger partial charge in [-0.25, -0.2) is 13.8 Å². The van der Waals surface area contributed by atoms with Crippen LogP contribution in [0.2, 0.25) is 0 Å². The van der Waals surface area contributed by atoms with E-state index < -0.39 is 23.5 Å². The Morgan fingerprint density at radius 3 is 2.35 bits per heavy atom. The predicted molar refractivity (Wildman–Crippen MR) is 113 cm³/mol. The van der Waals surface area contributed by atoms with Crippen molar-refractivity contribution in [3.8, 4) is 0 Å². The molecule has 170 valence electrons. The minimum absolute atomic E-state index is 0.0217. The molecule has 2 amide bonds. The summed E-state index contributed by atoms with van der Waals surface area (Å²) in [6.07, 6.45) is 3.76. The number of hydrogen-bond donors (Lipinski definition) is 2. The fourth-order valence-electron chi connectivity index (χ4n) is 4.87. The highest BCUT2D eigenvalue weighted by Gasteiger charge is 2.31. The SMILES string of the molecule is NN1CCC(CCN2CCN(c3cc(F)c(C4CCC(=O)NC4=O)cc3F)CC2)CC1. The number of nitrogens with one attached hydrogen (secondary N) is 1. The van der Waals surface area contributed by atoms with Crippen LogP contribution >= 0.6 is 0 Å². The molecular formula is C22H31F2N5O2. The highest BCUT2D eigenvalue weighted by molar-refractivity contribution is 6.01. The van der Waals surface area contributed by atoms with E-state index in [9.17, 15) is 18.4 Å². The Kier molecular flexibility index (Phi) is 6.83. The molecule has 3 saturated heterocycles. The van der Waals surface area contributed by atoms with Crippen molar-refractivity contribution in [1.29, 1.82) is 0 Å².